The van der Waals surface area contributed by atoms with E-state index in [0.717, 1.165) is 32.4 Å². The summed E-state index contributed by atoms with van der Waals surface area (Å²) >= 11 is 0. The quantitative estimate of drug-likeness (QED) is 0.868. The molecule has 1 N–H and O–H groups in total. The van der Waals surface area contributed by atoms with Crippen LogP contribution in [-0.2, 0) is 9.47 Å². The molecule has 0 bridgehead atoms. The van der Waals surface area contributed by atoms with Crippen LogP contribution in [0.1, 0.15) is 47.0 Å². The van der Waals surface area contributed by atoms with Gasteiger partial charge < -0.3 is 19.7 Å². The van der Waals surface area contributed by atoms with E-state index in [2.05, 4.69) is 26.1 Å². The van der Waals surface area contributed by atoms with Crippen LogP contribution in [0.5, 0.6) is 0 Å². The number of carbonyl (C=O) groups is 1. The van der Waals surface area contributed by atoms with E-state index in [9.17, 15) is 4.79 Å². The number of urea groups is 1. The van der Waals surface area contributed by atoms with E-state index < -0.39 is 5.79 Å². The van der Waals surface area contributed by atoms with Crippen LogP contribution < -0.4 is 5.32 Å². The smallest absolute Gasteiger partial charge is 0.317 e. The molecule has 21 heavy (non-hydrogen) atoms. The third kappa shape index (κ3) is 4.33. The molecule has 0 aromatic carbocycles. The molecule has 0 saturated carbocycles. The highest BCUT2D eigenvalue weighted by molar-refractivity contribution is 5.74. The van der Waals surface area contributed by atoms with Crippen LogP contribution in [0.25, 0.3) is 0 Å². The Morgan fingerprint density at radius 2 is 2.00 bits per heavy atom. The Morgan fingerprint density at radius 1 is 1.33 bits per heavy atom. The van der Waals surface area contributed by atoms with Gasteiger partial charge in [-0.3, -0.25) is 0 Å². The molecule has 5 nitrogen and oxygen atoms in total. The summed E-state index contributed by atoms with van der Waals surface area (Å²) in [5, 5.41) is 3.11. The first-order chi connectivity index (χ1) is 9.90. The van der Waals surface area contributed by atoms with Gasteiger partial charge in [0.15, 0.2) is 5.79 Å². The Kier molecular flexibility index (Phi) is 5.49. The molecule has 0 aromatic heterocycles. The van der Waals surface area contributed by atoms with E-state index in [1.807, 2.05) is 11.8 Å². The second-order valence-corrected chi connectivity index (χ2v) is 6.98. The minimum absolute atomic E-state index is 0.0504. The molecule has 2 amide bonds. The number of likely N-dealkylation sites (tertiary alicyclic amines) is 1. The molecule has 0 spiro atoms. The summed E-state index contributed by atoms with van der Waals surface area (Å²) in [6, 6.07) is 0.266. The Bertz CT molecular complexity index is 353. The maximum absolute atomic E-state index is 12.4. The number of amides is 2. The monoisotopic (exact) mass is 298 g/mol. The molecule has 2 rings (SSSR count). The Labute approximate surface area is 128 Å². The van der Waals surface area contributed by atoms with Gasteiger partial charge in [-0.25, -0.2) is 4.79 Å². The van der Waals surface area contributed by atoms with Crippen molar-refractivity contribution in [1.82, 2.24) is 10.2 Å². The van der Waals surface area contributed by atoms with Gasteiger partial charge in [0.05, 0.1) is 13.2 Å². The van der Waals surface area contributed by atoms with Crippen molar-refractivity contribution in [2.45, 2.75) is 58.8 Å². The molecular formula is C16H30N2O3. The SMILES string of the molecule is CC(C)CC(C)NC(=O)N1CCCC(C2(C)OCCO2)C1. The number of nitrogens with zero attached hydrogens (tertiary/aromatic N) is 1. The number of ether oxygens (including phenoxy) is 2. The summed E-state index contributed by atoms with van der Waals surface area (Å²) in [5.41, 5.74) is 0. The third-order valence-corrected chi connectivity index (χ3v) is 4.51. The molecule has 0 aromatic rings. The van der Waals surface area contributed by atoms with Gasteiger partial charge in [-0.05, 0) is 39.0 Å². The summed E-state index contributed by atoms with van der Waals surface area (Å²) in [6.45, 7) is 11.3. The summed E-state index contributed by atoms with van der Waals surface area (Å²) < 4.78 is 11.5. The van der Waals surface area contributed by atoms with Crippen LogP contribution in [0, 0.1) is 11.8 Å². The first-order valence-corrected chi connectivity index (χ1v) is 8.24. The van der Waals surface area contributed by atoms with Gasteiger partial charge in [-0.1, -0.05) is 13.8 Å². The van der Waals surface area contributed by atoms with Crippen LogP contribution >= 0.6 is 0 Å². The number of carbonyl (C=O) groups excluding carboxylic acids is 1. The molecule has 2 aliphatic rings. The zero-order chi connectivity index (χ0) is 15.5. The fourth-order valence-electron chi connectivity index (χ4n) is 3.42. The number of nitrogens with one attached hydrogen (secondary N) is 1. The molecule has 5 heteroatoms. The number of hydrogen-bond donors (Lipinski definition) is 1. The van der Waals surface area contributed by atoms with Crippen LogP contribution in [0.2, 0.25) is 0 Å². The van der Waals surface area contributed by atoms with Crippen molar-refractivity contribution < 1.29 is 14.3 Å². The van der Waals surface area contributed by atoms with Crippen molar-refractivity contribution in [3.8, 4) is 0 Å². The van der Waals surface area contributed by atoms with Gasteiger partial charge in [-0.15, -0.1) is 0 Å². The van der Waals surface area contributed by atoms with Crippen LogP contribution in [0.15, 0.2) is 0 Å². The third-order valence-electron chi connectivity index (χ3n) is 4.51. The van der Waals surface area contributed by atoms with Crippen LogP contribution in [0.4, 0.5) is 4.79 Å². The van der Waals surface area contributed by atoms with E-state index >= 15 is 0 Å². The highest BCUT2D eigenvalue weighted by Gasteiger charge is 2.42. The second-order valence-electron chi connectivity index (χ2n) is 6.98. The molecule has 2 saturated heterocycles. The number of rotatable bonds is 4. The van der Waals surface area contributed by atoms with E-state index in [-0.39, 0.29) is 18.0 Å². The second kappa shape index (κ2) is 6.97. The number of piperidine rings is 1. The normalized spacial score (nSPS) is 26.9. The summed E-state index contributed by atoms with van der Waals surface area (Å²) in [6.07, 6.45) is 3.08. The molecular weight excluding hydrogens is 268 g/mol. The van der Waals surface area contributed by atoms with Gasteiger partial charge in [0, 0.05) is 25.0 Å². The average molecular weight is 298 g/mol. The topological polar surface area (TPSA) is 50.8 Å². The first kappa shape index (κ1) is 16.6. The summed E-state index contributed by atoms with van der Waals surface area (Å²) in [7, 11) is 0. The standard InChI is InChI=1S/C16H30N2O3/c1-12(2)10-13(3)17-15(19)18-7-5-6-14(11-18)16(4)20-8-9-21-16/h12-14H,5-11H2,1-4H3,(H,17,19). The molecule has 2 unspecified atom stereocenters. The number of hydrogen-bond acceptors (Lipinski definition) is 3. The van der Waals surface area contributed by atoms with Crippen molar-refractivity contribution >= 4 is 6.03 Å². The predicted molar refractivity (Wildman–Crippen MR) is 82.1 cm³/mol. The molecule has 0 radical (unpaired) electrons. The Morgan fingerprint density at radius 3 is 2.62 bits per heavy atom. The lowest BCUT2D eigenvalue weighted by atomic mass is 9.90. The molecule has 2 heterocycles. The molecule has 2 aliphatic heterocycles. The highest BCUT2D eigenvalue weighted by atomic mass is 16.7. The molecule has 0 aliphatic carbocycles. The van der Waals surface area contributed by atoms with Crippen molar-refractivity contribution in [2.75, 3.05) is 26.3 Å². The minimum atomic E-state index is -0.511. The van der Waals surface area contributed by atoms with Crippen molar-refractivity contribution in [1.29, 1.82) is 0 Å². The molecule has 2 fully saturated rings. The Balaban J connectivity index is 1.87. The maximum atomic E-state index is 12.4. The summed E-state index contributed by atoms with van der Waals surface area (Å²) in [4.78, 5) is 14.3. The van der Waals surface area contributed by atoms with Crippen molar-refractivity contribution in [3.63, 3.8) is 0 Å². The van der Waals surface area contributed by atoms with Crippen molar-refractivity contribution in [2.24, 2.45) is 11.8 Å². The minimum Gasteiger partial charge on any atom is -0.347 e. The highest BCUT2D eigenvalue weighted by Crippen LogP contribution is 2.34. The van der Waals surface area contributed by atoms with E-state index in [4.69, 9.17) is 9.47 Å². The average Bonchev–Trinajstić information content (AvgIpc) is 2.86. The fraction of sp³-hybridized carbons (Fsp3) is 0.938. The van der Waals surface area contributed by atoms with Crippen molar-refractivity contribution in [3.05, 3.63) is 0 Å². The largest absolute Gasteiger partial charge is 0.347 e. The van der Waals surface area contributed by atoms with E-state index in [1.54, 1.807) is 0 Å². The fourth-order valence-corrected chi connectivity index (χ4v) is 3.42. The van der Waals surface area contributed by atoms with Crippen LogP contribution in [0.3, 0.4) is 0 Å². The van der Waals surface area contributed by atoms with E-state index in [1.165, 1.54) is 0 Å². The Hall–Kier alpha value is -0.810. The van der Waals surface area contributed by atoms with E-state index in [0.29, 0.717) is 19.1 Å². The van der Waals surface area contributed by atoms with Gasteiger partial charge in [0.1, 0.15) is 0 Å². The predicted octanol–water partition coefficient (Wildman–Crippen LogP) is 2.61. The molecule has 122 valence electrons. The van der Waals surface area contributed by atoms with Gasteiger partial charge in [0.2, 0.25) is 0 Å². The maximum Gasteiger partial charge on any atom is 0.317 e. The van der Waals surface area contributed by atoms with Gasteiger partial charge >= 0.3 is 6.03 Å². The van der Waals surface area contributed by atoms with Gasteiger partial charge in [-0.2, -0.15) is 0 Å². The zero-order valence-electron chi connectivity index (χ0n) is 13.9. The lowest BCUT2D eigenvalue weighted by molar-refractivity contribution is -0.189. The first-order valence-electron chi connectivity index (χ1n) is 8.24. The lowest BCUT2D eigenvalue weighted by Crippen LogP contribution is -2.52. The molecule has 2 atom stereocenters. The zero-order valence-corrected chi connectivity index (χ0v) is 13.9. The van der Waals surface area contributed by atoms with Crippen LogP contribution in [-0.4, -0.2) is 49.1 Å². The van der Waals surface area contributed by atoms with Gasteiger partial charge in [0.25, 0.3) is 0 Å². The lowest BCUT2D eigenvalue weighted by Gasteiger charge is -2.40. The summed E-state index contributed by atoms with van der Waals surface area (Å²) in [5.74, 6) is 0.344.